The summed E-state index contributed by atoms with van der Waals surface area (Å²) in [5.41, 5.74) is 3.48. The summed E-state index contributed by atoms with van der Waals surface area (Å²) in [6.45, 7) is 0. The summed E-state index contributed by atoms with van der Waals surface area (Å²) in [6.07, 6.45) is 0. The fourth-order valence-corrected chi connectivity index (χ4v) is 3.56. The van der Waals surface area contributed by atoms with Gasteiger partial charge in [0.25, 0.3) is 0 Å². The van der Waals surface area contributed by atoms with E-state index in [1.165, 1.54) is 0 Å². The minimum absolute atomic E-state index is 0.360. The molecule has 3 aromatic heterocycles. The molecule has 0 radical (unpaired) electrons. The molecule has 0 unspecified atom stereocenters. The SMILES string of the molecule is Clc1ccc(-c2cc(-c3cccs3)nc(-c3ccccc3Cl)c2)o1. The Morgan fingerprint density at radius 3 is 2.42 bits per heavy atom. The Kier molecular flexibility index (Phi) is 4.15. The third-order valence-corrected chi connectivity index (χ3v) is 5.03. The monoisotopic (exact) mass is 371 g/mol. The van der Waals surface area contributed by atoms with Crippen LogP contribution >= 0.6 is 34.5 Å². The highest BCUT2D eigenvalue weighted by atomic mass is 35.5. The molecule has 4 rings (SSSR count). The Labute approximate surface area is 153 Å². The van der Waals surface area contributed by atoms with Crippen molar-refractivity contribution in [2.75, 3.05) is 0 Å². The molecule has 0 saturated carbocycles. The summed E-state index contributed by atoms with van der Waals surface area (Å²) in [5, 5.41) is 3.05. The second kappa shape index (κ2) is 6.44. The number of hydrogen-bond acceptors (Lipinski definition) is 3. The first-order valence-corrected chi connectivity index (χ1v) is 8.91. The van der Waals surface area contributed by atoms with Crippen molar-refractivity contribution in [3.8, 4) is 33.2 Å². The van der Waals surface area contributed by atoms with Crippen molar-refractivity contribution in [2.45, 2.75) is 0 Å². The molecule has 5 heteroatoms. The Morgan fingerprint density at radius 2 is 1.71 bits per heavy atom. The van der Waals surface area contributed by atoms with Gasteiger partial charge in [-0.15, -0.1) is 11.3 Å². The Morgan fingerprint density at radius 1 is 0.875 bits per heavy atom. The van der Waals surface area contributed by atoms with Gasteiger partial charge in [-0.05, 0) is 53.4 Å². The quantitative estimate of drug-likeness (QED) is 0.385. The molecule has 0 bridgehead atoms. The molecule has 0 atom stereocenters. The van der Waals surface area contributed by atoms with Gasteiger partial charge in [0.2, 0.25) is 0 Å². The molecule has 0 amide bonds. The molecule has 118 valence electrons. The number of hydrogen-bond donors (Lipinski definition) is 0. The van der Waals surface area contributed by atoms with Gasteiger partial charge in [0.1, 0.15) is 5.76 Å². The Balaban J connectivity index is 1.93. The molecule has 0 aliphatic rings. The highest BCUT2D eigenvalue weighted by molar-refractivity contribution is 7.13. The topological polar surface area (TPSA) is 26.0 Å². The van der Waals surface area contributed by atoms with Crippen molar-refractivity contribution >= 4 is 34.5 Å². The third-order valence-electron chi connectivity index (χ3n) is 3.61. The zero-order chi connectivity index (χ0) is 16.5. The van der Waals surface area contributed by atoms with E-state index in [4.69, 9.17) is 32.6 Å². The molecule has 4 aromatic rings. The van der Waals surface area contributed by atoms with Crippen LogP contribution in [0.1, 0.15) is 0 Å². The van der Waals surface area contributed by atoms with E-state index in [9.17, 15) is 0 Å². The van der Waals surface area contributed by atoms with Crippen LogP contribution < -0.4 is 0 Å². The van der Waals surface area contributed by atoms with E-state index in [0.717, 1.165) is 27.4 Å². The van der Waals surface area contributed by atoms with E-state index in [1.54, 1.807) is 17.4 Å². The van der Waals surface area contributed by atoms with Crippen LogP contribution in [0.5, 0.6) is 0 Å². The van der Waals surface area contributed by atoms with Gasteiger partial charge in [-0.3, -0.25) is 0 Å². The maximum Gasteiger partial charge on any atom is 0.193 e. The van der Waals surface area contributed by atoms with Crippen molar-refractivity contribution in [3.63, 3.8) is 0 Å². The van der Waals surface area contributed by atoms with E-state index in [1.807, 2.05) is 60.0 Å². The summed E-state index contributed by atoms with van der Waals surface area (Å²) in [4.78, 5) is 5.88. The largest absolute Gasteiger partial charge is 0.445 e. The predicted molar refractivity (Wildman–Crippen MR) is 101 cm³/mol. The van der Waals surface area contributed by atoms with Gasteiger partial charge in [-0.25, -0.2) is 4.98 Å². The fourth-order valence-electron chi connectivity index (χ4n) is 2.50. The smallest absolute Gasteiger partial charge is 0.193 e. The average molecular weight is 372 g/mol. The number of halogens is 2. The lowest BCUT2D eigenvalue weighted by atomic mass is 10.1. The maximum atomic E-state index is 6.36. The van der Waals surface area contributed by atoms with Crippen LogP contribution in [-0.2, 0) is 0 Å². The van der Waals surface area contributed by atoms with Crippen molar-refractivity contribution in [1.82, 2.24) is 4.98 Å². The molecule has 0 fully saturated rings. The number of aromatic nitrogens is 1. The minimum Gasteiger partial charge on any atom is -0.445 e. The summed E-state index contributed by atoms with van der Waals surface area (Å²) in [7, 11) is 0. The number of rotatable bonds is 3. The maximum absolute atomic E-state index is 6.36. The lowest BCUT2D eigenvalue weighted by molar-refractivity contribution is 0.584. The van der Waals surface area contributed by atoms with Crippen LogP contribution in [0.4, 0.5) is 0 Å². The van der Waals surface area contributed by atoms with Crippen LogP contribution in [0.3, 0.4) is 0 Å². The van der Waals surface area contributed by atoms with Crippen LogP contribution in [0, 0.1) is 0 Å². The highest BCUT2D eigenvalue weighted by Gasteiger charge is 2.13. The number of pyridine rings is 1. The van der Waals surface area contributed by atoms with Crippen molar-refractivity contribution in [1.29, 1.82) is 0 Å². The van der Waals surface area contributed by atoms with Gasteiger partial charge < -0.3 is 4.42 Å². The lowest BCUT2D eigenvalue weighted by Gasteiger charge is -2.08. The molecule has 24 heavy (non-hydrogen) atoms. The Bertz CT molecular complexity index is 992. The molecule has 1 aromatic carbocycles. The molecule has 0 N–H and O–H groups in total. The molecule has 0 saturated heterocycles. The van der Waals surface area contributed by atoms with E-state index >= 15 is 0 Å². The van der Waals surface area contributed by atoms with E-state index in [-0.39, 0.29) is 0 Å². The number of furan rings is 1. The summed E-state index contributed by atoms with van der Waals surface area (Å²) in [6, 6.07) is 19.3. The van der Waals surface area contributed by atoms with Crippen molar-refractivity contribution in [3.05, 3.63) is 76.3 Å². The second-order valence-electron chi connectivity index (χ2n) is 5.19. The zero-order valence-electron chi connectivity index (χ0n) is 12.4. The van der Waals surface area contributed by atoms with Gasteiger partial charge in [-0.1, -0.05) is 35.9 Å². The van der Waals surface area contributed by atoms with Crippen LogP contribution in [0.25, 0.3) is 33.2 Å². The lowest BCUT2D eigenvalue weighted by Crippen LogP contribution is -1.90. The van der Waals surface area contributed by atoms with Gasteiger partial charge in [0.05, 0.1) is 16.3 Å². The standard InChI is InChI=1S/C19H11Cl2NOS/c20-14-5-2-1-4-13(14)15-10-12(17-7-8-19(21)23-17)11-16(22-15)18-6-3-9-24-18/h1-11H. The van der Waals surface area contributed by atoms with Gasteiger partial charge in [0.15, 0.2) is 5.22 Å². The normalized spacial score (nSPS) is 10.9. The third kappa shape index (κ3) is 2.98. The fraction of sp³-hybridized carbons (Fsp3) is 0. The van der Waals surface area contributed by atoms with Gasteiger partial charge >= 0.3 is 0 Å². The first kappa shape index (κ1) is 15.5. The summed E-state index contributed by atoms with van der Waals surface area (Å²) in [5.74, 6) is 0.702. The number of nitrogens with zero attached hydrogens (tertiary/aromatic N) is 1. The second-order valence-corrected chi connectivity index (χ2v) is 6.91. The Hall–Kier alpha value is -2.07. The highest BCUT2D eigenvalue weighted by Crippen LogP contribution is 2.35. The number of thiophene rings is 1. The zero-order valence-corrected chi connectivity index (χ0v) is 14.7. The molecule has 0 aliphatic heterocycles. The molecule has 2 nitrogen and oxygen atoms in total. The first-order valence-electron chi connectivity index (χ1n) is 7.27. The first-order chi connectivity index (χ1) is 11.7. The van der Waals surface area contributed by atoms with Crippen LogP contribution in [0.2, 0.25) is 10.2 Å². The van der Waals surface area contributed by atoms with Crippen LogP contribution in [0.15, 0.2) is 70.5 Å². The molecule has 0 spiro atoms. The number of benzene rings is 1. The van der Waals surface area contributed by atoms with Crippen molar-refractivity contribution < 1.29 is 4.42 Å². The predicted octanol–water partition coefficient (Wildman–Crippen LogP) is 7.04. The van der Waals surface area contributed by atoms with Crippen molar-refractivity contribution in [2.24, 2.45) is 0 Å². The van der Waals surface area contributed by atoms with Crippen LogP contribution in [-0.4, -0.2) is 4.98 Å². The molecular weight excluding hydrogens is 361 g/mol. The van der Waals surface area contributed by atoms with Gasteiger partial charge in [-0.2, -0.15) is 0 Å². The molecule has 3 heterocycles. The van der Waals surface area contributed by atoms with E-state index in [0.29, 0.717) is 16.0 Å². The molecular formula is C19H11Cl2NOS. The molecule has 0 aliphatic carbocycles. The van der Waals surface area contributed by atoms with Gasteiger partial charge in [0, 0.05) is 16.1 Å². The average Bonchev–Trinajstić information content (AvgIpc) is 3.26. The summed E-state index contributed by atoms with van der Waals surface area (Å²) >= 11 is 13.9. The van der Waals surface area contributed by atoms with E-state index in [2.05, 4.69) is 0 Å². The van der Waals surface area contributed by atoms with E-state index < -0.39 is 0 Å². The summed E-state index contributed by atoms with van der Waals surface area (Å²) < 4.78 is 5.57. The minimum atomic E-state index is 0.360.